The SMILES string of the molecule is O=C(C[C@H](NC(=O)Nc1ccc(-c2ccccc2)cc1)c1ccccc1)NCCN1CCCC1. The molecule has 1 aliphatic rings. The van der Waals surface area contributed by atoms with Gasteiger partial charge in [-0.15, -0.1) is 0 Å². The Labute approximate surface area is 201 Å². The minimum Gasteiger partial charge on any atom is -0.355 e. The molecule has 1 aliphatic heterocycles. The minimum atomic E-state index is -0.420. The van der Waals surface area contributed by atoms with Crippen LogP contribution in [0, 0.1) is 0 Å². The van der Waals surface area contributed by atoms with Gasteiger partial charge in [0.05, 0.1) is 12.5 Å². The lowest BCUT2D eigenvalue weighted by atomic mass is 10.0. The summed E-state index contributed by atoms with van der Waals surface area (Å²) in [6, 6.07) is 26.7. The first kappa shape index (κ1) is 23.5. The molecule has 6 heteroatoms. The molecular formula is C28H32N4O2. The van der Waals surface area contributed by atoms with Crippen LogP contribution in [0.15, 0.2) is 84.9 Å². The van der Waals surface area contributed by atoms with Crippen LogP contribution in [0.25, 0.3) is 11.1 Å². The zero-order valence-corrected chi connectivity index (χ0v) is 19.4. The van der Waals surface area contributed by atoms with Crippen LogP contribution in [0.2, 0.25) is 0 Å². The molecule has 3 amide bonds. The molecule has 1 fully saturated rings. The zero-order chi connectivity index (χ0) is 23.6. The fourth-order valence-corrected chi connectivity index (χ4v) is 4.26. The maximum absolute atomic E-state index is 12.8. The molecule has 176 valence electrons. The third-order valence-corrected chi connectivity index (χ3v) is 6.10. The van der Waals surface area contributed by atoms with Gasteiger partial charge in [-0.05, 0) is 54.8 Å². The van der Waals surface area contributed by atoms with Crippen molar-refractivity contribution < 1.29 is 9.59 Å². The van der Waals surface area contributed by atoms with Gasteiger partial charge in [0.25, 0.3) is 0 Å². The Morgan fingerprint density at radius 1 is 0.794 bits per heavy atom. The Morgan fingerprint density at radius 3 is 2.09 bits per heavy atom. The van der Waals surface area contributed by atoms with Crippen molar-refractivity contribution in [1.29, 1.82) is 0 Å². The van der Waals surface area contributed by atoms with E-state index in [2.05, 4.69) is 33.0 Å². The fraction of sp³-hybridized carbons (Fsp3) is 0.286. The minimum absolute atomic E-state index is 0.0689. The number of amides is 3. The first-order chi connectivity index (χ1) is 16.7. The van der Waals surface area contributed by atoms with Crippen LogP contribution in [-0.4, -0.2) is 43.0 Å². The van der Waals surface area contributed by atoms with Crippen molar-refractivity contribution in [2.75, 3.05) is 31.5 Å². The van der Waals surface area contributed by atoms with E-state index in [1.54, 1.807) is 0 Å². The van der Waals surface area contributed by atoms with Gasteiger partial charge in [-0.3, -0.25) is 4.79 Å². The van der Waals surface area contributed by atoms with E-state index >= 15 is 0 Å². The number of carbonyl (C=O) groups is 2. The van der Waals surface area contributed by atoms with Crippen molar-refractivity contribution in [2.24, 2.45) is 0 Å². The van der Waals surface area contributed by atoms with Crippen LogP contribution in [0.4, 0.5) is 10.5 Å². The molecule has 0 spiro atoms. The normalized spacial score (nSPS) is 14.4. The number of rotatable bonds is 9. The topological polar surface area (TPSA) is 73.5 Å². The molecule has 0 bridgehead atoms. The summed E-state index contributed by atoms with van der Waals surface area (Å²) in [5.74, 6) is -0.0689. The van der Waals surface area contributed by atoms with Crippen LogP contribution >= 0.6 is 0 Å². The predicted molar refractivity (Wildman–Crippen MR) is 137 cm³/mol. The molecule has 4 rings (SSSR count). The van der Waals surface area contributed by atoms with E-state index in [-0.39, 0.29) is 18.4 Å². The Kier molecular flexibility index (Phi) is 8.30. The largest absolute Gasteiger partial charge is 0.355 e. The van der Waals surface area contributed by atoms with Crippen molar-refractivity contribution in [3.8, 4) is 11.1 Å². The zero-order valence-electron chi connectivity index (χ0n) is 19.4. The molecule has 0 saturated carbocycles. The van der Waals surface area contributed by atoms with Crippen LogP contribution < -0.4 is 16.0 Å². The summed E-state index contributed by atoms with van der Waals surface area (Å²) in [7, 11) is 0. The number of nitrogens with zero attached hydrogens (tertiary/aromatic N) is 1. The molecule has 0 radical (unpaired) electrons. The second-order valence-corrected chi connectivity index (χ2v) is 8.61. The number of benzene rings is 3. The molecule has 1 heterocycles. The summed E-state index contributed by atoms with van der Waals surface area (Å²) < 4.78 is 0. The highest BCUT2D eigenvalue weighted by molar-refractivity contribution is 5.90. The van der Waals surface area contributed by atoms with E-state index in [9.17, 15) is 9.59 Å². The fourth-order valence-electron chi connectivity index (χ4n) is 4.26. The molecule has 6 nitrogen and oxygen atoms in total. The Morgan fingerprint density at radius 2 is 1.41 bits per heavy atom. The molecular weight excluding hydrogens is 424 g/mol. The quantitative estimate of drug-likeness (QED) is 0.432. The van der Waals surface area contributed by atoms with Gasteiger partial charge in [-0.2, -0.15) is 0 Å². The lowest BCUT2D eigenvalue weighted by molar-refractivity contribution is -0.121. The highest BCUT2D eigenvalue weighted by Crippen LogP contribution is 2.21. The van der Waals surface area contributed by atoms with Gasteiger partial charge in [0, 0.05) is 18.8 Å². The van der Waals surface area contributed by atoms with Crippen molar-refractivity contribution in [3.63, 3.8) is 0 Å². The second kappa shape index (κ2) is 12.0. The van der Waals surface area contributed by atoms with Gasteiger partial charge >= 0.3 is 6.03 Å². The van der Waals surface area contributed by atoms with Gasteiger partial charge in [-0.25, -0.2) is 4.79 Å². The molecule has 3 aromatic rings. The van der Waals surface area contributed by atoms with Crippen molar-refractivity contribution in [3.05, 3.63) is 90.5 Å². The van der Waals surface area contributed by atoms with Gasteiger partial charge in [0.1, 0.15) is 0 Å². The summed E-state index contributed by atoms with van der Waals surface area (Å²) in [6.07, 6.45) is 2.65. The van der Waals surface area contributed by atoms with Crippen molar-refractivity contribution in [2.45, 2.75) is 25.3 Å². The van der Waals surface area contributed by atoms with E-state index in [1.807, 2.05) is 72.8 Å². The molecule has 0 unspecified atom stereocenters. The number of hydrogen-bond donors (Lipinski definition) is 3. The number of carbonyl (C=O) groups excluding carboxylic acids is 2. The molecule has 3 aromatic carbocycles. The van der Waals surface area contributed by atoms with Crippen LogP contribution in [0.3, 0.4) is 0 Å². The summed E-state index contributed by atoms with van der Waals surface area (Å²) in [5, 5.41) is 8.86. The molecule has 1 saturated heterocycles. The number of nitrogens with one attached hydrogen (secondary N) is 3. The Bertz CT molecular complexity index is 1050. The number of anilines is 1. The lowest BCUT2D eigenvalue weighted by Gasteiger charge is -2.20. The summed E-state index contributed by atoms with van der Waals surface area (Å²) in [5.41, 5.74) is 3.79. The third kappa shape index (κ3) is 6.93. The second-order valence-electron chi connectivity index (χ2n) is 8.61. The maximum atomic E-state index is 12.8. The van der Waals surface area contributed by atoms with Crippen LogP contribution in [0.1, 0.15) is 30.9 Å². The standard InChI is InChI=1S/C28H32N4O2/c33-27(29-17-20-32-18-7-8-19-32)21-26(24-11-5-2-6-12-24)31-28(34)30-25-15-13-23(14-16-25)22-9-3-1-4-10-22/h1-6,9-16,26H,7-8,17-21H2,(H,29,33)(H2,30,31,34)/t26-/m0/s1. The van der Waals surface area contributed by atoms with E-state index in [0.29, 0.717) is 12.2 Å². The van der Waals surface area contributed by atoms with E-state index in [0.717, 1.165) is 36.3 Å². The number of hydrogen-bond acceptors (Lipinski definition) is 3. The molecule has 3 N–H and O–H groups in total. The van der Waals surface area contributed by atoms with E-state index in [4.69, 9.17) is 0 Å². The number of likely N-dealkylation sites (tertiary alicyclic amines) is 1. The van der Waals surface area contributed by atoms with Gasteiger partial charge in [0.2, 0.25) is 5.91 Å². The summed E-state index contributed by atoms with van der Waals surface area (Å²) in [6.45, 7) is 3.71. The lowest BCUT2D eigenvalue weighted by Crippen LogP contribution is -2.38. The first-order valence-electron chi connectivity index (χ1n) is 11.9. The molecule has 0 aliphatic carbocycles. The monoisotopic (exact) mass is 456 g/mol. The highest BCUT2D eigenvalue weighted by atomic mass is 16.2. The average molecular weight is 457 g/mol. The molecule has 34 heavy (non-hydrogen) atoms. The van der Waals surface area contributed by atoms with E-state index < -0.39 is 6.04 Å². The van der Waals surface area contributed by atoms with Gasteiger partial charge in [-0.1, -0.05) is 72.8 Å². The molecule has 0 aromatic heterocycles. The van der Waals surface area contributed by atoms with Crippen molar-refractivity contribution in [1.82, 2.24) is 15.5 Å². The summed E-state index contributed by atoms with van der Waals surface area (Å²) >= 11 is 0. The third-order valence-electron chi connectivity index (χ3n) is 6.10. The van der Waals surface area contributed by atoms with Crippen LogP contribution in [-0.2, 0) is 4.79 Å². The van der Waals surface area contributed by atoms with Crippen molar-refractivity contribution >= 4 is 17.6 Å². The predicted octanol–water partition coefficient (Wildman–Crippen LogP) is 4.82. The maximum Gasteiger partial charge on any atom is 0.319 e. The van der Waals surface area contributed by atoms with E-state index in [1.165, 1.54) is 12.8 Å². The van der Waals surface area contributed by atoms with Gasteiger partial charge < -0.3 is 20.9 Å². The highest BCUT2D eigenvalue weighted by Gasteiger charge is 2.19. The molecule has 1 atom stereocenters. The first-order valence-corrected chi connectivity index (χ1v) is 11.9. The number of urea groups is 1. The van der Waals surface area contributed by atoms with Gasteiger partial charge in [0.15, 0.2) is 0 Å². The smallest absolute Gasteiger partial charge is 0.319 e. The average Bonchev–Trinajstić information content (AvgIpc) is 3.39. The Balaban J connectivity index is 1.33. The summed E-state index contributed by atoms with van der Waals surface area (Å²) in [4.78, 5) is 27.7. The van der Waals surface area contributed by atoms with Crippen LogP contribution in [0.5, 0.6) is 0 Å². The Hall–Kier alpha value is -3.64.